The molecule has 0 spiro atoms. The molecule has 0 saturated heterocycles. The topological polar surface area (TPSA) is 62.7 Å². The predicted molar refractivity (Wildman–Crippen MR) is 106 cm³/mol. The van der Waals surface area contributed by atoms with Crippen molar-refractivity contribution in [2.75, 3.05) is 10.6 Å². The van der Waals surface area contributed by atoms with Crippen molar-refractivity contribution in [1.82, 2.24) is 15.0 Å². The van der Waals surface area contributed by atoms with E-state index in [4.69, 9.17) is 0 Å². The lowest BCUT2D eigenvalue weighted by molar-refractivity contribution is 0.631. The van der Waals surface area contributed by atoms with Gasteiger partial charge in [-0.05, 0) is 43.7 Å². The minimum absolute atomic E-state index is 0.219. The fourth-order valence-corrected chi connectivity index (χ4v) is 2.62. The zero-order valence-electron chi connectivity index (χ0n) is 14.5. The number of aromatic nitrogens is 3. The summed E-state index contributed by atoms with van der Waals surface area (Å²) in [6.07, 6.45) is 4.38. The Morgan fingerprint density at radius 3 is 2.73 bits per heavy atom. The van der Waals surface area contributed by atoms with E-state index >= 15 is 0 Å². The number of rotatable bonds is 6. The van der Waals surface area contributed by atoms with Gasteiger partial charge in [0, 0.05) is 34.5 Å². The highest BCUT2D eigenvalue weighted by Gasteiger charge is 2.11. The normalized spacial score (nSPS) is 11.8. The van der Waals surface area contributed by atoms with E-state index in [2.05, 4.69) is 55.4 Å². The minimum atomic E-state index is -0.364. The average Bonchev–Trinajstić information content (AvgIpc) is 2.64. The fraction of sp³-hybridized carbons (Fsp3) is 0.211. The summed E-state index contributed by atoms with van der Waals surface area (Å²) in [6.45, 7) is 4.14. The SMILES string of the molecule is CC[C@@H](C)Nc1nc(Nc2ccc(Br)cc2F)cc(-c2cccnc2)n1. The van der Waals surface area contributed by atoms with E-state index in [1.165, 1.54) is 6.07 Å². The predicted octanol–water partition coefficient (Wildman–Crippen LogP) is 5.39. The number of pyridine rings is 1. The zero-order chi connectivity index (χ0) is 18.5. The number of hydrogen-bond acceptors (Lipinski definition) is 5. The molecule has 0 amide bonds. The molecule has 0 aliphatic rings. The standard InChI is InChI=1S/C19H19BrFN5/c1-3-12(2)23-19-25-17(13-5-4-8-22-11-13)10-18(26-19)24-16-7-6-14(20)9-15(16)21/h4-12H,3H2,1-2H3,(H2,23,24,25,26)/t12-/m1/s1. The van der Waals surface area contributed by atoms with Crippen LogP contribution in [-0.4, -0.2) is 21.0 Å². The lowest BCUT2D eigenvalue weighted by Gasteiger charge is -2.15. The van der Waals surface area contributed by atoms with Crippen LogP contribution in [0.25, 0.3) is 11.3 Å². The molecule has 2 aromatic heterocycles. The van der Waals surface area contributed by atoms with Gasteiger partial charge in [0.05, 0.1) is 11.4 Å². The van der Waals surface area contributed by atoms with E-state index in [1.807, 2.05) is 12.1 Å². The number of halogens is 2. The quantitative estimate of drug-likeness (QED) is 0.564. The molecule has 7 heteroatoms. The second kappa shape index (κ2) is 8.23. The van der Waals surface area contributed by atoms with Crippen LogP contribution in [0.5, 0.6) is 0 Å². The van der Waals surface area contributed by atoms with Crippen molar-refractivity contribution >= 4 is 33.4 Å². The van der Waals surface area contributed by atoms with E-state index < -0.39 is 0 Å². The van der Waals surface area contributed by atoms with Crippen LogP contribution in [0.3, 0.4) is 0 Å². The largest absolute Gasteiger partial charge is 0.352 e. The van der Waals surface area contributed by atoms with Gasteiger partial charge in [-0.3, -0.25) is 4.98 Å². The molecule has 3 rings (SSSR count). The Balaban J connectivity index is 1.98. The van der Waals surface area contributed by atoms with Crippen molar-refractivity contribution in [2.24, 2.45) is 0 Å². The van der Waals surface area contributed by atoms with Crippen molar-refractivity contribution in [1.29, 1.82) is 0 Å². The van der Waals surface area contributed by atoms with E-state index in [0.29, 0.717) is 27.6 Å². The van der Waals surface area contributed by atoms with Gasteiger partial charge < -0.3 is 10.6 Å². The second-order valence-electron chi connectivity index (χ2n) is 5.91. The Labute approximate surface area is 160 Å². The van der Waals surface area contributed by atoms with Crippen LogP contribution < -0.4 is 10.6 Å². The Bertz CT molecular complexity index is 888. The highest BCUT2D eigenvalue weighted by molar-refractivity contribution is 9.10. The molecule has 3 aromatic rings. The number of anilines is 3. The maximum absolute atomic E-state index is 14.2. The summed E-state index contributed by atoms with van der Waals surface area (Å²) >= 11 is 3.26. The summed E-state index contributed by atoms with van der Waals surface area (Å²) in [5, 5.41) is 6.30. The molecule has 2 N–H and O–H groups in total. The van der Waals surface area contributed by atoms with Gasteiger partial charge in [0.25, 0.3) is 0 Å². The summed E-state index contributed by atoms with van der Waals surface area (Å²) in [7, 11) is 0. The first kappa shape index (κ1) is 18.3. The van der Waals surface area contributed by atoms with Crippen molar-refractivity contribution in [3.8, 4) is 11.3 Å². The van der Waals surface area contributed by atoms with Gasteiger partial charge in [0.15, 0.2) is 0 Å². The minimum Gasteiger partial charge on any atom is -0.352 e. The highest BCUT2D eigenvalue weighted by Crippen LogP contribution is 2.26. The summed E-state index contributed by atoms with van der Waals surface area (Å²) in [4.78, 5) is 13.2. The van der Waals surface area contributed by atoms with E-state index in [9.17, 15) is 4.39 Å². The van der Waals surface area contributed by atoms with Crippen molar-refractivity contribution < 1.29 is 4.39 Å². The molecular weight excluding hydrogens is 397 g/mol. The van der Waals surface area contributed by atoms with Crippen LogP contribution in [0.2, 0.25) is 0 Å². The zero-order valence-corrected chi connectivity index (χ0v) is 16.1. The maximum atomic E-state index is 14.2. The van der Waals surface area contributed by atoms with Crippen LogP contribution in [0, 0.1) is 5.82 Å². The van der Waals surface area contributed by atoms with Crippen LogP contribution in [0.15, 0.2) is 53.3 Å². The monoisotopic (exact) mass is 415 g/mol. The molecule has 2 heterocycles. The van der Waals surface area contributed by atoms with Gasteiger partial charge in [0.2, 0.25) is 5.95 Å². The van der Waals surface area contributed by atoms with Crippen molar-refractivity contribution in [3.05, 3.63) is 59.1 Å². The molecule has 0 unspecified atom stereocenters. The molecule has 0 fully saturated rings. The summed E-state index contributed by atoms with van der Waals surface area (Å²) in [6, 6.07) is 10.6. The van der Waals surface area contributed by atoms with Crippen LogP contribution in [0.4, 0.5) is 21.8 Å². The Morgan fingerprint density at radius 1 is 1.19 bits per heavy atom. The average molecular weight is 416 g/mol. The van der Waals surface area contributed by atoms with Crippen LogP contribution in [-0.2, 0) is 0 Å². The first-order valence-electron chi connectivity index (χ1n) is 8.33. The van der Waals surface area contributed by atoms with Gasteiger partial charge in [-0.2, -0.15) is 4.98 Å². The van der Waals surface area contributed by atoms with Gasteiger partial charge in [-0.15, -0.1) is 0 Å². The van der Waals surface area contributed by atoms with E-state index in [1.54, 1.807) is 30.6 Å². The molecule has 5 nitrogen and oxygen atoms in total. The molecule has 0 saturated carbocycles. The second-order valence-corrected chi connectivity index (χ2v) is 6.82. The Hall–Kier alpha value is -2.54. The molecule has 0 radical (unpaired) electrons. The molecular formula is C19H19BrFN5. The molecule has 0 aliphatic heterocycles. The van der Waals surface area contributed by atoms with Gasteiger partial charge in [0.1, 0.15) is 11.6 Å². The number of hydrogen-bond donors (Lipinski definition) is 2. The van der Waals surface area contributed by atoms with Crippen LogP contribution >= 0.6 is 15.9 Å². The third-order valence-electron chi connectivity index (χ3n) is 3.87. The third-order valence-corrected chi connectivity index (χ3v) is 4.36. The first-order valence-corrected chi connectivity index (χ1v) is 9.12. The fourth-order valence-electron chi connectivity index (χ4n) is 2.29. The molecule has 1 aromatic carbocycles. The van der Waals surface area contributed by atoms with Crippen LogP contribution in [0.1, 0.15) is 20.3 Å². The third kappa shape index (κ3) is 4.54. The Morgan fingerprint density at radius 2 is 2.04 bits per heavy atom. The smallest absolute Gasteiger partial charge is 0.225 e. The number of benzene rings is 1. The summed E-state index contributed by atoms with van der Waals surface area (Å²) in [5.74, 6) is 0.629. The molecule has 1 atom stereocenters. The van der Waals surface area contributed by atoms with Crippen molar-refractivity contribution in [3.63, 3.8) is 0 Å². The number of nitrogens with zero attached hydrogens (tertiary/aromatic N) is 3. The van der Waals surface area contributed by atoms with E-state index in [0.717, 1.165) is 12.0 Å². The summed E-state index contributed by atoms with van der Waals surface area (Å²) in [5.41, 5.74) is 1.92. The molecule has 26 heavy (non-hydrogen) atoms. The van der Waals surface area contributed by atoms with Gasteiger partial charge in [-0.1, -0.05) is 22.9 Å². The lowest BCUT2D eigenvalue weighted by atomic mass is 10.2. The maximum Gasteiger partial charge on any atom is 0.225 e. The number of nitrogens with one attached hydrogen (secondary N) is 2. The molecule has 0 aliphatic carbocycles. The summed E-state index contributed by atoms with van der Waals surface area (Å²) < 4.78 is 14.8. The molecule has 134 valence electrons. The Kier molecular flexibility index (Phi) is 5.78. The van der Waals surface area contributed by atoms with Gasteiger partial charge >= 0.3 is 0 Å². The molecule has 0 bridgehead atoms. The highest BCUT2D eigenvalue weighted by atomic mass is 79.9. The van der Waals surface area contributed by atoms with Crippen molar-refractivity contribution in [2.45, 2.75) is 26.3 Å². The lowest BCUT2D eigenvalue weighted by Crippen LogP contribution is -2.16. The van der Waals surface area contributed by atoms with Gasteiger partial charge in [-0.25, -0.2) is 9.37 Å². The van der Waals surface area contributed by atoms with E-state index in [-0.39, 0.29) is 11.9 Å². The first-order chi connectivity index (χ1) is 12.5.